The molecule has 7 nitrogen and oxygen atoms in total. The third-order valence-corrected chi connectivity index (χ3v) is 3.43. The monoisotopic (exact) mass is 403 g/mol. The Morgan fingerprint density at radius 2 is 1.72 bits per heavy atom. The number of allylic oxidation sites excluding steroid dienone is 1. The molecule has 0 heterocycles. The summed E-state index contributed by atoms with van der Waals surface area (Å²) in [5.74, 6) is -0.391. The number of hydrogen-bond donors (Lipinski definition) is 3. The standard InChI is InChI=1S/C22H33N3O4/c1-21(2,3)12-10-18(26)24-15-16-8-7-9-17(14-16)25-19(27)11-13-23-20(28)29-22(4,5)6/h7-10,12,14H,11,13,15H2,1-6H3,(H,23,28)(H,24,26)(H,25,27)/b12-10+. The Morgan fingerprint density at radius 3 is 2.34 bits per heavy atom. The van der Waals surface area contributed by atoms with Gasteiger partial charge in [0.25, 0.3) is 0 Å². The Bertz CT molecular complexity index is 743. The van der Waals surface area contributed by atoms with Gasteiger partial charge in [0.05, 0.1) is 0 Å². The molecule has 0 aromatic heterocycles. The molecule has 0 bridgehead atoms. The Kier molecular flexibility index (Phi) is 8.88. The van der Waals surface area contributed by atoms with Crippen LogP contribution in [0.5, 0.6) is 0 Å². The van der Waals surface area contributed by atoms with Gasteiger partial charge in [0, 0.05) is 25.2 Å². The predicted molar refractivity (Wildman–Crippen MR) is 114 cm³/mol. The number of carbonyl (C=O) groups is 3. The second kappa shape index (κ2) is 10.6. The van der Waals surface area contributed by atoms with E-state index < -0.39 is 11.7 Å². The molecule has 1 rings (SSSR count). The summed E-state index contributed by atoms with van der Waals surface area (Å²) in [6.07, 6.45) is 2.95. The van der Waals surface area contributed by atoms with E-state index in [4.69, 9.17) is 4.74 Å². The Morgan fingerprint density at radius 1 is 1.03 bits per heavy atom. The minimum absolute atomic E-state index is 0.0557. The average Bonchev–Trinajstić information content (AvgIpc) is 2.56. The highest BCUT2D eigenvalue weighted by Gasteiger charge is 2.16. The highest BCUT2D eigenvalue weighted by atomic mass is 16.6. The van der Waals surface area contributed by atoms with Crippen molar-refractivity contribution in [1.29, 1.82) is 0 Å². The van der Waals surface area contributed by atoms with Crippen LogP contribution in [0.1, 0.15) is 53.5 Å². The normalized spacial score (nSPS) is 11.8. The van der Waals surface area contributed by atoms with Gasteiger partial charge in [-0.1, -0.05) is 39.0 Å². The molecule has 3 N–H and O–H groups in total. The van der Waals surface area contributed by atoms with Crippen molar-refractivity contribution in [2.24, 2.45) is 5.41 Å². The summed E-state index contributed by atoms with van der Waals surface area (Å²) in [4.78, 5) is 35.5. The maximum absolute atomic E-state index is 12.1. The molecule has 1 aromatic rings. The fourth-order valence-electron chi connectivity index (χ4n) is 2.15. The first-order chi connectivity index (χ1) is 13.3. The summed E-state index contributed by atoms with van der Waals surface area (Å²) in [6.45, 7) is 11.9. The van der Waals surface area contributed by atoms with Crippen molar-refractivity contribution >= 4 is 23.6 Å². The molecule has 0 radical (unpaired) electrons. The average molecular weight is 404 g/mol. The summed E-state index contributed by atoms with van der Waals surface area (Å²) in [5, 5.41) is 8.14. The molecular weight excluding hydrogens is 370 g/mol. The molecule has 0 atom stereocenters. The molecule has 29 heavy (non-hydrogen) atoms. The van der Waals surface area contributed by atoms with Crippen LogP contribution in [0.15, 0.2) is 36.4 Å². The number of nitrogens with one attached hydrogen (secondary N) is 3. The van der Waals surface area contributed by atoms with Gasteiger partial charge >= 0.3 is 6.09 Å². The van der Waals surface area contributed by atoms with E-state index in [2.05, 4.69) is 16.0 Å². The lowest BCUT2D eigenvalue weighted by molar-refractivity contribution is -0.117. The van der Waals surface area contributed by atoms with Gasteiger partial charge in [0.2, 0.25) is 11.8 Å². The molecule has 1 aromatic carbocycles. The molecule has 3 amide bonds. The summed E-state index contributed by atoms with van der Waals surface area (Å²) >= 11 is 0. The van der Waals surface area contributed by atoms with Gasteiger partial charge in [-0.05, 0) is 50.0 Å². The second-order valence-corrected chi connectivity index (χ2v) is 8.84. The highest BCUT2D eigenvalue weighted by molar-refractivity contribution is 5.91. The lowest BCUT2D eigenvalue weighted by Gasteiger charge is -2.19. The van der Waals surface area contributed by atoms with E-state index in [1.54, 1.807) is 39.0 Å². The Hall–Kier alpha value is -2.83. The Labute approximate surface area is 173 Å². The molecule has 160 valence electrons. The lowest BCUT2D eigenvalue weighted by atomic mass is 9.96. The van der Waals surface area contributed by atoms with Gasteiger partial charge in [-0.3, -0.25) is 9.59 Å². The summed E-state index contributed by atoms with van der Waals surface area (Å²) in [7, 11) is 0. The van der Waals surface area contributed by atoms with E-state index in [9.17, 15) is 14.4 Å². The molecule has 0 aliphatic heterocycles. The molecule has 7 heteroatoms. The number of ether oxygens (including phenoxy) is 1. The van der Waals surface area contributed by atoms with Crippen molar-refractivity contribution in [1.82, 2.24) is 10.6 Å². The number of amides is 3. The van der Waals surface area contributed by atoms with Crippen molar-refractivity contribution in [3.8, 4) is 0 Å². The van der Waals surface area contributed by atoms with Crippen molar-refractivity contribution in [3.05, 3.63) is 42.0 Å². The number of alkyl carbamates (subject to hydrolysis) is 1. The van der Waals surface area contributed by atoms with E-state index in [0.29, 0.717) is 12.2 Å². The van der Waals surface area contributed by atoms with E-state index >= 15 is 0 Å². The zero-order chi connectivity index (χ0) is 22.1. The second-order valence-electron chi connectivity index (χ2n) is 8.84. The third kappa shape index (κ3) is 12.3. The van der Waals surface area contributed by atoms with Crippen molar-refractivity contribution in [3.63, 3.8) is 0 Å². The molecule has 0 saturated carbocycles. The molecule has 0 saturated heterocycles. The number of carbonyl (C=O) groups excluding carboxylic acids is 3. The van der Waals surface area contributed by atoms with Gasteiger partial charge in [-0.25, -0.2) is 4.79 Å². The largest absolute Gasteiger partial charge is 0.444 e. The smallest absolute Gasteiger partial charge is 0.407 e. The van der Waals surface area contributed by atoms with Gasteiger partial charge in [0.15, 0.2) is 0 Å². The lowest BCUT2D eigenvalue weighted by Crippen LogP contribution is -2.34. The zero-order valence-corrected chi connectivity index (χ0v) is 18.2. The minimum Gasteiger partial charge on any atom is -0.444 e. The van der Waals surface area contributed by atoms with E-state index in [1.165, 1.54) is 6.08 Å². The maximum Gasteiger partial charge on any atom is 0.407 e. The van der Waals surface area contributed by atoms with Crippen LogP contribution in [0.4, 0.5) is 10.5 Å². The van der Waals surface area contributed by atoms with Gasteiger partial charge < -0.3 is 20.7 Å². The summed E-state index contributed by atoms with van der Waals surface area (Å²) in [5.41, 5.74) is 0.862. The quantitative estimate of drug-likeness (QED) is 0.604. The number of anilines is 1. The molecule has 0 fully saturated rings. The predicted octanol–water partition coefficient (Wildman–Crippen LogP) is 3.76. The molecule has 0 unspecified atom stereocenters. The van der Waals surface area contributed by atoms with Crippen LogP contribution in [-0.2, 0) is 20.9 Å². The minimum atomic E-state index is -0.579. The fourth-order valence-corrected chi connectivity index (χ4v) is 2.15. The van der Waals surface area contributed by atoms with Crippen LogP contribution in [0.3, 0.4) is 0 Å². The van der Waals surface area contributed by atoms with Gasteiger partial charge in [0.1, 0.15) is 5.60 Å². The molecule has 0 aliphatic carbocycles. The third-order valence-electron chi connectivity index (χ3n) is 3.43. The van der Waals surface area contributed by atoms with Crippen LogP contribution in [0, 0.1) is 5.41 Å². The van der Waals surface area contributed by atoms with Crippen LogP contribution in [0.2, 0.25) is 0 Å². The number of rotatable bonds is 7. The highest BCUT2D eigenvalue weighted by Crippen LogP contribution is 2.14. The Balaban J connectivity index is 2.44. The van der Waals surface area contributed by atoms with Crippen molar-refractivity contribution in [2.45, 2.75) is 60.1 Å². The van der Waals surface area contributed by atoms with E-state index in [0.717, 1.165) is 5.56 Å². The first-order valence-corrected chi connectivity index (χ1v) is 9.67. The fraction of sp³-hybridized carbons (Fsp3) is 0.500. The van der Waals surface area contributed by atoms with Crippen LogP contribution in [0.25, 0.3) is 0 Å². The molecule has 0 spiro atoms. The maximum atomic E-state index is 12.1. The van der Waals surface area contributed by atoms with Crippen LogP contribution < -0.4 is 16.0 Å². The van der Waals surface area contributed by atoms with Crippen LogP contribution >= 0.6 is 0 Å². The SMILES string of the molecule is CC(C)(C)/C=C/C(=O)NCc1cccc(NC(=O)CCNC(=O)OC(C)(C)C)c1. The van der Waals surface area contributed by atoms with E-state index in [-0.39, 0.29) is 30.2 Å². The molecular formula is C22H33N3O4. The summed E-state index contributed by atoms with van der Waals surface area (Å²) < 4.78 is 5.11. The summed E-state index contributed by atoms with van der Waals surface area (Å²) in [6, 6.07) is 7.24. The van der Waals surface area contributed by atoms with E-state index in [1.807, 2.05) is 32.9 Å². The first kappa shape index (κ1) is 24.2. The van der Waals surface area contributed by atoms with Crippen molar-refractivity contribution in [2.75, 3.05) is 11.9 Å². The van der Waals surface area contributed by atoms with Gasteiger partial charge in [-0.15, -0.1) is 0 Å². The first-order valence-electron chi connectivity index (χ1n) is 9.67. The molecule has 0 aliphatic rings. The number of benzene rings is 1. The number of hydrogen-bond acceptors (Lipinski definition) is 4. The topological polar surface area (TPSA) is 96.5 Å². The van der Waals surface area contributed by atoms with Gasteiger partial charge in [-0.2, -0.15) is 0 Å². The van der Waals surface area contributed by atoms with Crippen LogP contribution in [-0.4, -0.2) is 30.1 Å². The van der Waals surface area contributed by atoms with Crippen molar-refractivity contribution < 1.29 is 19.1 Å². The zero-order valence-electron chi connectivity index (χ0n) is 18.2.